The van der Waals surface area contributed by atoms with E-state index < -0.39 is 23.4 Å². The third kappa shape index (κ3) is 4.34. The highest BCUT2D eigenvalue weighted by molar-refractivity contribution is 7.85. The van der Waals surface area contributed by atoms with Crippen molar-refractivity contribution in [2.75, 3.05) is 5.75 Å². The topological polar surface area (TPSA) is 89.3 Å². The van der Waals surface area contributed by atoms with E-state index in [2.05, 4.69) is 25.3 Å². The predicted molar refractivity (Wildman–Crippen MR) is 101 cm³/mol. The summed E-state index contributed by atoms with van der Waals surface area (Å²) >= 11 is 0. The van der Waals surface area contributed by atoms with Crippen LogP contribution in [0.15, 0.2) is 53.9 Å². The molecule has 0 saturated carbocycles. The van der Waals surface area contributed by atoms with Crippen molar-refractivity contribution in [1.29, 1.82) is 0 Å². The van der Waals surface area contributed by atoms with E-state index in [1.807, 2.05) is 24.3 Å². The van der Waals surface area contributed by atoms with E-state index in [0.29, 0.717) is 21.8 Å². The van der Waals surface area contributed by atoms with E-state index in [1.54, 1.807) is 16.9 Å². The molecule has 0 spiro atoms. The lowest BCUT2D eigenvalue weighted by atomic mass is 10.2. The molecule has 3 aromatic heterocycles. The zero-order chi connectivity index (χ0) is 20.4. The molecule has 3 heterocycles. The highest BCUT2D eigenvalue weighted by Crippen LogP contribution is 2.24. The molecule has 0 fully saturated rings. The molecule has 4 rings (SSSR count). The summed E-state index contributed by atoms with van der Waals surface area (Å²) in [5.74, 6) is 0.549. The smallest absolute Gasteiger partial charge is 0.259 e. The van der Waals surface area contributed by atoms with Crippen LogP contribution in [-0.2, 0) is 10.8 Å². The maximum absolute atomic E-state index is 12.3. The van der Waals surface area contributed by atoms with Crippen LogP contribution in [0.25, 0.3) is 28.1 Å². The minimum Gasteiger partial charge on any atom is -0.259 e. The number of hydrogen-bond donors (Lipinski definition) is 1. The van der Waals surface area contributed by atoms with Gasteiger partial charge in [-0.2, -0.15) is 23.4 Å². The lowest BCUT2D eigenvalue weighted by Crippen LogP contribution is -2.09. The predicted octanol–water partition coefficient (Wildman–Crippen LogP) is 3.66. The van der Waals surface area contributed by atoms with E-state index in [4.69, 9.17) is 0 Å². The average molecular weight is 420 g/mol. The molecule has 0 radical (unpaired) electrons. The summed E-state index contributed by atoms with van der Waals surface area (Å²) in [5, 5.41) is 11.6. The molecule has 29 heavy (non-hydrogen) atoms. The Hall–Kier alpha value is -3.08. The quantitative estimate of drug-likeness (QED) is 0.514. The van der Waals surface area contributed by atoms with Gasteiger partial charge >= 0.3 is 6.18 Å². The Labute approximate surface area is 165 Å². The van der Waals surface area contributed by atoms with Gasteiger partial charge < -0.3 is 0 Å². The summed E-state index contributed by atoms with van der Waals surface area (Å²) in [7, 11) is -1.55. The molecule has 1 N–H and O–H groups in total. The summed E-state index contributed by atoms with van der Waals surface area (Å²) in [5.41, 5.74) is 2.13. The third-order valence-electron chi connectivity index (χ3n) is 4.22. The Bertz CT molecular complexity index is 1160. The number of nitrogens with zero attached hydrogens (tertiary/aromatic N) is 5. The number of fused-ring (bicyclic) bond motifs is 1. The van der Waals surface area contributed by atoms with Crippen LogP contribution in [-0.4, -0.2) is 46.1 Å². The molecule has 0 aliphatic heterocycles. The molecule has 11 heteroatoms. The zero-order valence-corrected chi connectivity index (χ0v) is 15.7. The number of nitrogens with one attached hydrogen (secondary N) is 1. The Balaban J connectivity index is 1.58. The molecule has 1 aromatic carbocycles. The van der Waals surface area contributed by atoms with Gasteiger partial charge in [-0.15, -0.1) is 0 Å². The second-order valence-electron chi connectivity index (χ2n) is 6.29. The van der Waals surface area contributed by atoms with E-state index in [-0.39, 0.29) is 12.2 Å². The first-order chi connectivity index (χ1) is 13.9. The maximum atomic E-state index is 12.3. The number of rotatable bonds is 6. The van der Waals surface area contributed by atoms with E-state index in [0.717, 1.165) is 11.3 Å². The van der Waals surface area contributed by atoms with Crippen LogP contribution < -0.4 is 0 Å². The van der Waals surface area contributed by atoms with Gasteiger partial charge in [0.05, 0.1) is 27.6 Å². The molecular weight excluding hydrogens is 405 g/mol. The molecule has 0 unspecified atom stereocenters. The van der Waals surface area contributed by atoms with Crippen LogP contribution in [0.1, 0.15) is 12.8 Å². The van der Waals surface area contributed by atoms with Gasteiger partial charge in [-0.05, 0) is 24.6 Å². The number of halogens is 3. The summed E-state index contributed by atoms with van der Waals surface area (Å²) in [6.45, 7) is 0. The Morgan fingerprint density at radius 2 is 2.00 bits per heavy atom. The van der Waals surface area contributed by atoms with Crippen LogP contribution in [0, 0.1) is 0 Å². The summed E-state index contributed by atoms with van der Waals surface area (Å²) < 4.78 is 50.7. The minimum atomic E-state index is -4.24. The summed E-state index contributed by atoms with van der Waals surface area (Å²) in [6.07, 6.45) is -0.961. The fourth-order valence-electron chi connectivity index (χ4n) is 2.87. The van der Waals surface area contributed by atoms with Crippen molar-refractivity contribution in [3.8, 4) is 17.1 Å². The SMILES string of the molecule is O=[S@](CCCC(F)(F)F)c1cnc2c(cnn2-c2cccc(-c3ncn[nH]3)c2)c1. The molecule has 1 atom stereocenters. The molecule has 4 aromatic rings. The average Bonchev–Trinajstić information content (AvgIpc) is 3.36. The lowest BCUT2D eigenvalue weighted by molar-refractivity contribution is -0.134. The molecule has 0 bridgehead atoms. The minimum absolute atomic E-state index is 0.0694. The number of benzene rings is 1. The summed E-state index contributed by atoms with van der Waals surface area (Å²) in [4.78, 5) is 8.85. The second kappa shape index (κ2) is 7.74. The van der Waals surface area contributed by atoms with Crippen LogP contribution >= 0.6 is 0 Å². The van der Waals surface area contributed by atoms with Crippen LogP contribution in [0.5, 0.6) is 0 Å². The number of alkyl halides is 3. The van der Waals surface area contributed by atoms with Crippen molar-refractivity contribution in [3.63, 3.8) is 0 Å². The molecule has 150 valence electrons. The first-order valence-corrected chi connectivity index (χ1v) is 9.98. The molecule has 7 nitrogen and oxygen atoms in total. The van der Waals surface area contributed by atoms with E-state index in [9.17, 15) is 17.4 Å². The first kappa shape index (κ1) is 19.2. The zero-order valence-electron chi connectivity index (χ0n) is 14.9. The maximum Gasteiger partial charge on any atom is 0.389 e. The first-order valence-electron chi connectivity index (χ1n) is 8.66. The molecule has 0 amide bonds. The Kier molecular flexibility index (Phi) is 5.14. The number of aromatic amines is 1. The van der Waals surface area contributed by atoms with Crippen molar-refractivity contribution < 1.29 is 17.4 Å². The van der Waals surface area contributed by atoms with Crippen molar-refractivity contribution >= 4 is 21.8 Å². The third-order valence-corrected chi connectivity index (χ3v) is 5.62. The fraction of sp³-hybridized carbons (Fsp3) is 0.222. The molecular formula is C18H15F3N6OS. The molecule has 0 aliphatic rings. The van der Waals surface area contributed by atoms with Gasteiger partial charge in [-0.3, -0.25) is 9.31 Å². The number of pyridine rings is 1. The van der Waals surface area contributed by atoms with Gasteiger partial charge in [0, 0.05) is 29.3 Å². The molecule has 0 saturated heterocycles. The number of H-pyrrole nitrogens is 1. The monoisotopic (exact) mass is 420 g/mol. The van der Waals surface area contributed by atoms with Crippen molar-refractivity contribution in [1.82, 2.24) is 29.9 Å². The van der Waals surface area contributed by atoms with Crippen molar-refractivity contribution in [2.45, 2.75) is 23.9 Å². The lowest BCUT2D eigenvalue weighted by Gasteiger charge is -2.07. The van der Waals surface area contributed by atoms with Gasteiger partial charge in [0.1, 0.15) is 6.33 Å². The van der Waals surface area contributed by atoms with Crippen LogP contribution in [0.4, 0.5) is 13.2 Å². The van der Waals surface area contributed by atoms with Gasteiger partial charge in [0.15, 0.2) is 11.5 Å². The van der Waals surface area contributed by atoms with Crippen molar-refractivity contribution in [3.05, 3.63) is 49.1 Å². The number of hydrogen-bond acceptors (Lipinski definition) is 5. The highest BCUT2D eigenvalue weighted by Gasteiger charge is 2.26. The summed E-state index contributed by atoms with van der Waals surface area (Å²) in [6, 6.07) is 9.11. The van der Waals surface area contributed by atoms with Crippen molar-refractivity contribution in [2.24, 2.45) is 0 Å². The van der Waals surface area contributed by atoms with Gasteiger partial charge in [-0.25, -0.2) is 14.6 Å². The normalized spacial score (nSPS) is 13.1. The Morgan fingerprint density at radius 3 is 2.76 bits per heavy atom. The van der Waals surface area contributed by atoms with Crippen LogP contribution in [0.3, 0.4) is 0 Å². The second-order valence-corrected chi connectivity index (χ2v) is 7.86. The fourth-order valence-corrected chi connectivity index (χ4v) is 3.94. The van der Waals surface area contributed by atoms with E-state index in [1.165, 1.54) is 12.5 Å². The van der Waals surface area contributed by atoms with E-state index >= 15 is 0 Å². The standard InChI is InChI=1S/C18H15F3N6OS/c19-18(20,21)5-2-6-29(28)15-8-13-9-25-27(17(13)22-10-15)14-4-1-3-12(7-14)16-23-11-24-26-16/h1,3-4,7-11H,2,5-6H2,(H,23,24,26)/t29-/m1/s1. The van der Waals surface area contributed by atoms with Crippen LogP contribution in [0.2, 0.25) is 0 Å². The van der Waals surface area contributed by atoms with Gasteiger partial charge in [0.2, 0.25) is 0 Å². The number of aromatic nitrogens is 6. The Morgan fingerprint density at radius 1 is 1.14 bits per heavy atom. The highest BCUT2D eigenvalue weighted by atomic mass is 32.2. The molecule has 0 aliphatic carbocycles. The van der Waals surface area contributed by atoms with Gasteiger partial charge in [0.25, 0.3) is 0 Å². The van der Waals surface area contributed by atoms with Gasteiger partial charge in [-0.1, -0.05) is 12.1 Å². The largest absolute Gasteiger partial charge is 0.389 e.